The summed E-state index contributed by atoms with van der Waals surface area (Å²) in [5, 5.41) is 19.5. The van der Waals surface area contributed by atoms with Crippen LogP contribution in [0.4, 0.5) is 0 Å². The maximum Gasteiger partial charge on any atom is 0.115 e. The molecule has 0 bridgehead atoms. The minimum atomic E-state index is -0.499. The summed E-state index contributed by atoms with van der Waals surface area (Å²) < 4.78 is 0. The molecule has 0 saturated heterocycles. The highest BCUT2D eigenvalue weighted by Gasteiger charge is 2.06. The van der Waals surface area contributed by atoms with Crippen molar-refractivity contribution in [2.45, 2.75) is 19.4 Å². The van der Waals surface area contributed by atoms with Gasteiger partial charge in [0, 0.05) is 5.02 Å². The summed E-state index contributed by atoms with van der Waals surface area (Å²) in [6, 6.07) is 12.6. The van der Waals surface area contributed by atoms with E-state index in [1.807, 2.05) is 24.3 Å². The molecule has 2 nitrogen and oxygen atoms in total. The summed E-state index contributed by atoms with van der Waals surface area (Å²) in [6.07, 6.45) is 0.181. The first-order chi connectivity index (χ1) is 8.56. The summed E-state index contributed by atoms with van der Waals surface area (Å²) in [5.74, 6) is 0.252. The van der Waals surface area contributed by atoms with Gasteiger partial charge in [0.15, 0.2) is 0 Å². The predicted octanol–water partition coefficient (Wildman–Crippen LogP) is 3.69. The second-order valence-electron chi connectivity index (χ2n) is 4.37. The Morgan fingerprint density at radius 2 is 1.78 bits per heavy atom. The van der Waals surface area contributed by atoms with E-state index in [0.717, 1.165) is 16.7 Å². The van der Waals surface area contributed by atoms with Crippen LogP contribution in [0.5, 0.6) is 5.75 Å². The Balaban J connectivity index is 2.27. The van der Waals surface area contributed by atoms with Crippen molar-refractivity contribution < 1.29 is 10.2 Å². The molecule has 0 fully saturated rings. The second-order valence-corrected chi connectivity index (χ2v) is 4.78. The van der Waals surface area contributed by atoms with Crippen LogP contribution in [0.25, 0.3) is 0 Å². The molecule has 2 aromatic rings. The van der Waals surface area contributed by atoms with E-state index < -0.39 is 6.10 Å². The number of rotatable bonds is 3. The van der Waals surface area contributed by atoms with Crippen LogP contribution in [0.15, 0.2) is 42.5 Å². The maximum atomic E-state index is 9.57. The van der Waals surface area contributed by atoms with Gasteiger partial charge in [-0.3, -0.25) is 0 Å². The number of benzene rings is 2. The highest BCUT2D eigenvalue weighted by molar-refractivity contribution is 6.31. The number of hydrogen-bond donors (Lipinski definition) is 2. The van der Waals surface area contributed by atoms with Crippen molar-refractivity contribution in [1.29, 1.82) is 0 Å². The van der Waals surface area contributed by atoms with Gasteiger partial charge >= 0.3 is 0 Å². The van der Waals surface area contributed by atoms with E-state index in [0.29, 0.717) is 11.4 Å². The highest BCUT2D eigenvalue weighted by atomic mass is 35.5. The smallest absolute Gasteiger partial charge is 0.115 e. The molecule has 0 radical (unpaired) electrons. The largest absolute Gasteiger partial charge is 0.508 e. The summed E-state index contributed by atoms with van der Waals surface area (Å²) in [7, 11) is 0. The number of phenolic OH excluding ortho intramolecular Hbond substituents is 1. The van der Waals surface area contributed by atoms with Crippen LogP contribution >= 0.6 is 11.6 Å². The van der Waals surface area contributed by atoms with Crippen LogP contribution < -0.4 is 0 Å². The van der Waals surface area contributed by atoms with Crippen molar-refractivity contribution in [3.8, 4) is 5.75 Å². The third-order valence-electron chi connectivity index (χ3n) is 2.88. The van der Waals surface area contributed by atoms with Gasteiger partial charge in [-0.2, -0.15) is 0 Å². The minimum absolute atomic E-state index is 0.252. The summed E-state index contributed by atoms with van der Waals surface area (Å²) in [5.41, 5.74) is 2.89. The van der Waals surface area contributed by atoms with Gasteiger partial charge in [-0.15, -0.1) is 0 Å². The summed E-state index contributed by atoms with van der Waals surface area (Å²) in [6.45, 7) is 1.73. The Labute approximate surface area is 111 Å². The van der Waals surface area contributed by atoms with Crippen molar-refractivity contribution in [1.82, 2.24) is 0 Å². The first-order valence-electron chi connectivity index (χ1n) is 5.80. The topological polar surface area (TPSA) is 40.5 Å². The Hall–Kier alpha value is -1.51. The molecule has 0 amide bonds. The first-order valence-corrected chi connectivity index (χ1v) is 6.18. The molecule has 0 aliphatic heterocycles. The third-order valence-corrected chi connectivity index (χ3v) is 3.25. The number of aliphatic hydroxyl groups is 1. The fourth-order valence-electron chi connectivity index (χ4n) is 1.82. The van der Waals surface area contributed by atoms with Crippen LogP contribution in [-0.2, 0) is 6.42 Å². The predicted molar refractivity (Wildman–Crippen MR) is 73.0 cm³/mol. The maximum absolute atomic E-state index is 9.57. The van der Waals surface area contributed by atoms with E-state index in [4.69, 9.17) is 11.6 Å². The number of halogens is 1. The zero-order valence-electron chi connectivity index (χ0n) is 10.1. The molecule has 18 heavy (non-hydrogen) atoms. The van der Waals surface area contributed by atoms with E-state index in [-0.39, 0.29) is 5.75 Å². The van der Waals surface area contributed by atoms with Crippen LogP contribution in [0.3, 0.4) is 0 Å². The normalized spacial score (nSPS) is 12.4. The fraction of sp³-hybridized carbons (Fsp3) is 0.200. The molecule has 0 spiro atoms. The Bertz CT molecular complexity index is 533. The molecule has 2 rings (SSSR count). The second kappa shape index (κ2) is 5.42. The molecule has 3 heteroatoms. The van der Waals surface area contributed by atoms with Gasteiger partial charge in [-0.25, -0.2) is 0 Å². The summed E-state index contributed by atoms with van der Waals surface area (Å²) >= 11 is 6.15. The lowest BCUT2D eigenvalue weighted by molar-refractivity contribution is 0.199. The lowest BCUT2D eigenvalue weighted by Gasteiger charge is -2.10. The lowest BCUT2D eigenvalue weighted by atomic mass is 10.0. The van der Waals surface area contributed by atoms with E-state index in [2.05, 4.69) is 0 Å². The highest BCUT2D eigenvalue weighted by Crippen LogP contribution is 2.24. The van der Waals surface area contributed by atoms with Crippen molar-refractivity contribution in [3.05, 3.63) is 64.2 Å². The van der Waals surface area contributed by atoms with Crippen molar-refractivity contribution in [3.63, 3.8) is 0 Å². The molecule has 1 unspecified atom stereocenters. The number of aromatic hydroxyl groups is 1. The molecule has 0 saturated carbocycles. The summed E-state index contributed by atoms with van der Waals surface area (Å²) in [4.78, 5) is 0. The molecule has 0 aliphatic carbocycles. The van der Waals surface area contributed by atoms with Gasteiger partial charge in [0.1, 0.15) is 5.75 Å². The monoisotopic (exact) mass is 262 g/mol. The van der Waals surface area contributed by atoms with Gasteiger partial charge in [-0.1, -0.05) is 35.9 Å². The van der Waals surface area contributed by atoms with Crippen LogP contribution in [0.2, 0.25) is 5.02 Å². The van der Waals surface area contributed by atoms with Crippen LogP contribution in [-0.4, -0.2) is 10.2 Å². The Morgan fingerprint density at radius 3 is 2.39 bits per heavy atom. The number of phenols is 1. The van der Waals surface area contributed by atoms with Gasteiger partial charge in [0.2, 0.25) is 0 Å². The van der Waals surface area contributed by atoms with Gasteiger partial charge in [0.05, 0.1) is 6.10 Å². The third kappa shape index (κ3) is 3.03. The molecule has 0 aliphatic rings. The SMILES string of the molecule is CC(O)c1ccc(Cl)c(Cc2ccc(O)cc2)c1. The average Bonchev–Trinajstić information content (AvgIpc) is 2.34. The first kappa shape index (κ1) is 12.9. The Kier molecular flexibility index (Phi) is 3.90. The van der Waals surface area contributed by atoms with Gasteiger partial charge < -0.3 is 10.2 Å². The lowest BCUT2D eigenvalue weighted by Crippen LogP contribution is -1.95. The zero-order valence-corrected chi connectivity index (χ0v) is 10.9. The van der Waals surface area contributed by atoms with Crippen molar-refractivity contribution in [2.75, 3.05) is 0 Å². The quantitative estimate of drug-likeness (QED) is 0.886. The number of aliphatic hydroxyl groups excluding tert-OH is 1. The fourth-order valence-corrected chi connectivity index (χ4v) is 2.01. The van der Waals surface area contributed by atoms with Crippen molar-refractivity contribution in [2.24, 2.45) is 0 Å². The molecule has 2 aromatic carbocycles. The van der Waals surface area contributed by atoms with Gasteiger partial charge in [-0.05, 0) is 48.2 Å². The van der Waals surface area contributed by atoms with Crippen LogP contribution in [0, 0.1) is 0 Å². The minimum Gasteiger partial charge on any atom is -0.508 e. The van der Waals surface area contributed by atoms with E-state index in [9.17, 15) is 10.2 Å². The molecule has 94 valence electrons. The average molecular weight is 263 g/mol. The molecule has 2 N–H and O–H groups in total. The molecule has 0 aromatic heterocycles. The molecular formula is C15H15ClO2. The van der Waals surface area contributed by atoms with Crippen LogP contribution in [0.1, 0.15) is 29.7 Å². The molecule has 0 heterocycles. The van der Waals surface area contributed by atoms with Gasteiger partial charge in [0.25, 0.3) is 0 Å². The van der Waals surface area contributed by atoms with E-state index in [1.54, 1.807) is 25.1 Å². The standard InChI is InChI=1S/C15H15ClO2/c1-10(17)12-4-7-15(16)13(9-12)8-11-2-5-14(18)6-3-11/h2-7,9-10,17-18H,8H2,1H3. The molecule has 1 atom stereocenters. The number of hydrogen-bond acceptors (Lipinski definition) is 2. The Morgan fingerprint density at radius 1 is 1.11 bits per heavy atom. The van der Waals surface area contributed by atoms with Crippen molar-refractivity contribution >= 4 is 11.6 Å². The molecular weight excluding hydrogens is 248 g/mol. The van der Waals surface area contributed by atoms with E-state index >= 15 is 0 Å². The zero-order chi connectivity index (χ0) is 13.1. The van der Waals surface area contributed by atoms with E-state index in [1.165, 1.54) is 0 Å².